The number of carbonyl (C=O) groups is 2. The Bertz CT molecular complexity index is 521. The Kier molecular flexibility index (Phi) is 9.60. The molecule has 0 radical (unpaired) electrons. The number of hydrogen-bond acceptors (Lipinski definition) is 5. The van der Waals surface area contributed by atoms with Gasteiger partial charge in [-0.15, -0.1) is 28.3 Å². The summed E-state index contributed by atoms with van der Waals surface area (Å²) in [4.78, 5) is 24.1. The van der Waals surface area contributed by atoms with Gasteiger partial charge in [0, 0.05) is 17.3 Å². The number of aliphatic hydroxyl groups excluding tert-OH is 1. The standard InChI is InChI=1S/C15H24N2O4S.BrH/c1-8(2)6-11(15(20)21)17-14(19)13(18)10(16)7-12-9(3)4-5-22-12;/h4-5,8,10-11,13,18H,6-7,16H2,1-3H3,(H,17,19)(H,20,21);1H/t10-,11+,13-;/m1./s1. The molecule has 132 valence electrons. The largest absolute Gasteiger partial charge is 0.480 e. The fourth-order valence-corrected chi connectivity index (χ4v) is 3.06. The van der Waals surface area contributed by atoms with Gasteiger partial charge in [-0.2, -0.15) is 0 Å². The highest BCUT2D eigenvalue weighted by Crippen LogP contribution is 2.18. The van der Waals surface area contributed by atoms with E-state index in [-0.39, 0.29) is 22.9 Å². The first-order valence-corrected chi connectivity index (χ1v) is 8.10. The normalized spacial score (nSPS) is 14.7. The number of halogens is 1. The van der Waals surface area contributed by atoms with E-state index >= 15 is 0 Å². The predicted molar refractivity (Wildman–Crippen MR) is 96.1 cm³/mol. The molecule has 1 amide bonds. The number of nitrogens with two attached hydrogens (primary N) is 1. The van der Waals surface area contributed by atoms with Gasteiger partial charge in [-0.3, -0.25) is 4.79 Å². The van der Waals surface area contributed by atoms with Gasteiger partial charge in [0.1, 0.15) is 12.1 Å². The van der Waals surface area contributed by atoms with Crippen molar-refractivity contribution in [1.82, 2.24) is 5.32 Å². The number of amides is 1. The first-order chi connectivity index (χ1) is 10.2. The van der Waals surface area contributed by atoms with Crippen LogP contribution in [0, 0.1) is 12.8 Å². The fraction of sp³-hybridized carbons (Fsp3) is 0.600. The van der Waals surface area contributed by atoms with E-state index in [4.69, 9.17) is 10.8 Å². The number of carboxylic acids is 1. The van der Waals surface area contributed by atoms with E-state index in [1.54, 1.807) is 0 Å². The van der Waals surface area contributed by atoms with Crippen molar-refractivity contribution in [2.75, 3.05) is 0 Å². The minimum absolute atomic E-state index is 0. The number of carboxylic acid groups (broad SMARTS) is 1. The molecular formula is C15H25BrN2O4S. The predicted octanol–water partition coefficient (Wildman–Crippen LogP) is 1.48. The summed E-state index contributed by atoms with van der Waals surface area (Å²) >= 11 is 1.52. The molecule has 1 aromatic heterocycles. The van der Waals surface area contributed by atoms with E-state index < -0.39 is 30.1 Å². The lowest BCUT2D eigenvalue weighted by Gasteiger charge is -2.22. The number of aryl methyl sites for hydroxylation is 1. The van der Waals surface area contributed by atoms with E-state index in [0.29, 0.717) is 12.8 Å². The summed E-state index contributed by atoms with van der Waals surface area (Å²) in [5.41, 5.74) is 6.95. The summed E-state index contributed by atoms with van der Waals surface area (Å²) in [6.07, 6.45) is -0.761. The summed E-state index contributed by atoms with van der Waals surface area (Å²) in [7, 11) is 0. The van der Waals surface area contributed by atoms with Crippen LogP contribution in [0.1, 0.15) is 30.7 Å². The zero-order valence-electron chi connectivity index (χ0n) is 13.5. The van der Waals surface area contributed by atoms with Gasteiger partial charge in [0.25, 0.3) is 5.91 Å². The van der Waals surface area contributed by atoms with Crippen LogP contribution in [-0.4, -0.2) is 40.3 Å². The zero-order valence-corrected chi connectivity index (χ0v) is 16.0. The third-order valence-corrected chi connectivity index (χ3v) is 4.43. The summed E-state index contributed by atoms with van der Waals surface area (Å²) in [6, 6.07) is 0.158. The molecule has 0 aliphatic heterocycles. The maximum Gasteiger partial charge on any atom is 0.326 e. The second-order valence-corrected chi connectivity index (χ2v) is 6.87. The van der Waals surface area contributed by atoms with Crippen molar-refractivity contribution in [1.29, 1.82) is 0 Å². The molecule has 0 aromatic carbocycles. The number of aliphatic carboxylic acids is 1. The highest BCUT2D eigenvalue weighted by atomic mass is 79.9. The Morgan fingerprint density at radius 3 is 2.43 bits per heavy atom. The lowest BCUT2D eigenvalue weighted by molar-refractivity contribution is -0.144. The van der Waals surface area contributed by atoms with Gasteiger partial charge in [-0.05, 0) is 36.3 Å². The molecule has 8 heteroatoms. The Balaban J connectivity index is 0.00000484. The van der Waals surface area contributed by atoms with Gasteiger partial charge >= 0.3 is 5.97 Å². The lowest BCUT2D eigenvalue weighted by Crippen LogP contribution is -2.52. The number of nitrogens with one attached hydrogen (secondary N) is 1. The molecule has 0 unspecified atom stereocenters. The summed E-state index contributed by atoms with van der Waals surface area (Å²) in [5, 5.41) is 23.4. The maximum atomic E-state index is 12.0. The van der Waals surface area contributed by atoms with Crippen LogP contribution in [0.4, 0.5) is 0 Å². The number of thiophene rings is 1. The SMILES string of the molecule is Br.Cc1ccsc1C[C@@H](N)[C@@H](O)C(=O)N[C@@H](CC(C)C)C(=O)O. The number of rotatable bonds is 8. The van der Waals surface area contributed by atoms with Gasteiger partial charge in [0.05, 0.1) is 0 Å². The smallest absolute Gasteiger partial charge is 0.326 e. The van der Waals surface area contributed by atoms with E-state index in [1.807, 2.05) is 32.2 Å². The number of hydrogen-bond donors (Lipinski definition) is 4. The van der Waals surface area contributed by atoms with Gasteiger partial charge < -0.3 is 21.3 Å². The zero-order chi connectivity index (χ0) is 16.9. The molecule has 0 spiro atoms. The van der Waals surface area contributed by atoms with Crippen LogP contribution in [0.5, 0.6) is 0 Å². The van der Waals surface area contributed by atoms with E-state index in [9.17, 15) is 14.7 Å². The monoisotopic (exact) mass is 408 g/mol. The average molecular weight is 409 g/mol. The Hall–Kier alpha value is -0.960. The third kappa shape index (κ3) is 6.99. The van der Waals surface area contributed by atoms with E-state index in [2.05, 4.69) is 5.32 Å². The molecule has 1 aromatic rings. The third-order valence-electron chi connectivity index (χ3n) is 3.39. The quantitative estimate of drug-likeness (QED) is 0.520. The van der Waals surface area contributed by atoms with Gasteiger partial charge in [-0.1, -0.05) is 13.8 Å². The Morgan fingerprint density at radius 1 is 1.39 bits per heavy atom. The summed E-state index contributed by atoms with van der Waals surface area (Å²) in [6.45, 7) is 5.67. The van der Waals surface area contributed by atoms with Crippen LogP contribution < -0.4 is 11.1 Å². The van der Waals surface area contributed by atoms with Crippen LogP contribution in [0.15, 0.2) is 11.4 Å². The Labute approximate surface area is 150 Å². The molecule has 0 saturated carbocycles. The molecule has 0 aliphatic rings. The molecule has 0 aliphatic carbocycles. The van der Waals surface area contributed by atoms with Crippen LogP contribution in [0.3, 0.4) is 0 Å². The first kappa shape index (κ1) is 22.0. The van der Waals surface area contributed by atoms with Crippen molar-refractivity contribution in [2.45, 2.75) is 51.8 Å². The topological polar surface area (TPSA) is 113 Å². The summed E-state index contributed by atoms with van der Waals surface area (Å²) in [5.74, 6) is -1.74. The molecule has 3 atom stereocenters. The van der Waals surface area contributed by atoms with Crippen LogP contribution >= 0.6 is 28.3 Å². The average Bonchev–Trinajstić information content (AvgIpc) is 2.81. The first-order valence-electron chi connectivity index (χ1n) is 7.22. The van der Waals surface area contributed by atoms with Crippen LogP contribution in [0.25, 0.3) is 0 Å². The number of carbonyl (C=O) groups excluding carboxylic acids is 1. The highest BCUT2D eigenvalue weighted by molar-refractivity contribution is 8.93. The molecule has 5 N–H and O–H groups in total. The lowest BCUT2D eigenvalue weighted by atomic mass is 10.0. The van der Waals surface area contributed by atoms with E-state index in [1.165, 1.54) is 11.3 Å². The minimum Gasteiger partial charge on any atom is -0.480 e. The van der Waals surface area contributed by atoms with Crippen molar-refractivity contribution in [3.63, 3.8) is 0 Å². The molecule has 1 heterocycles. The van der Waals surface area contributed by atoms with Crippen molar-refractivity contribution in [3.05, 3.63) is 21.9 Å². The molecule has 6 nitrogen and oxygen atoms in total. The van der Waals surface area contributed by atoms with Crippen molar-refractivity contribution in [3.8, 4) is 0 Å². The van der Waals surface area contributed by atoms with Gasteiger partial charge in [-0.25, -0.2) is 4.79 Å². The second-order valence-electron chi connectivity index (χ2n) is 5.87. The van der Waals surface area contributed by atoms with Crippen molar-refractivity contribution < 1.29 is 19.8 Å². The van der Waals surface area contributed by atoms with E-state index in [0.717, 1.165) is 10.4 Å². The van der Waals surface area contributed by atoms with Gasteiger partial charge in [0.2, 0.25) is 0 Å². The van der Waals surface area contributed by atoms with Crippen LogP contribution in [-0.2, 0) is 16.0 Å². The summed E-state index contributed by atoms with van der Waals surface area (Å²) < 4.78 is 0. The second kappa shape index (κ2) is 10.0. The van der Waals surface area contributed by atoms with Crippen LogP contribution in [0.2, 0.25) is 0 Å². The fourth-order valence-electron chi connectivity index (χ4n) is 2.08. The van der Waals surface area contributed by atoms with Crippen molar-refractivity contribution >= 4 is 40.2 Å². The van der Waals surface area contributed by atoms with Gasteiger partial charge in [0.15, 0.2) is 0 Å². The van der Waals surface area contributed by atoms with Crippen molar-refractivity contribution in [2.24, 2.45) is 11.7 Å². The molecule has 0 fully saturated rings. The molecule has 0 bridgehead atoms. The minimum atomic E-state index is -1.43. The molecule has 1 rings (SSSR count). The molecule has 23 heavy (non-hydrogen) atoms. The number of aliphatic hydroxyl groups is 1. The highest BCUT2D eigenvalue weighted by Gasteiger charge is 2.28. The maximum absolute atomic E-state index is 12.0. The molecule has 0 saturated heterocycles. The Morgan fingerprint density at radius 2 is 2.00 bits per heavy atom. The molecular weight excluding hydrogens is 384 g/mol.